The number of rotatable bonds is 4. The zero-order valence-electron chi connectivity index (χ0n) is 19.3. The number of hydrogen-bond donors (Lipinski definition) is 1. The molecule has 0 saturated carbocycles. The fourth-order valence-electron chi connectivity index (χ4n) is 5.56. The summed E-state index contributed by atoms with van der Waals surface area (Å²) < 4.78 is 14.9. The van der Waals surface area contributed by atoms with E-state index in [4.69, 9.17) is 11.6 Å². The van der Waals surface area contributed by atoms with Crippen molar-refractivity contribution in [2.75, 3.05) is 11.9 Å². The minimum Gasteiger partial charge on any atom is -0.325 e. The molecule has 35 heavy (non-hydrogen) atoms. The van der Waals surface area contributed by atoms with Crippen molar-refractivity contribution < 1.29 is 18.8 Å². The molecule has 1 spiro atoms. The Bertz CT molecular complexity index is 1300. The number of benzene rings is 2. The monoisotopic (exact) mass is 494 g/mol. The van der Waals surface area contributed by atoms with Gasteiger partial charge in [-0.15, -0.1) is 0 Å². The third-order valence-corrected chi connectivity index (χ3v) is 7.49. The van der Waals surface area contributed by atoms with Crippen LogP contribution in [0, 0.1) is 11.3 Å². The van der Waals surface area contributed by atoms with Gasteiger partial charge in [0, 0.05) is 31.6 Å². The number of carbonyl (C=O) groups is 3. The van der Waals surface area contributed by atoms with Gasteiger partial charge in [-0.05, 0) is 37.1 Å². The minimum atomic E-state index is -1.77. The van der Waals surface area contributed by atoms with Gasteiger partial charge in [0.1, 0.15) is 17.8 Å². The van der Waals surface area contributed by atoms with Crippen LogP contribution in [0.1, 0.15) is 48.2 Å². The van der Waals surface area contributed by atoms with Gasteiger partial charge in [-0.1, -0.05) is 41.9 Å². The molecule has 3 aliphatic rings. The summed E-state index contributed by atoms with van der Waals surface area (Å²) >= 11 is 6.26. The van der Waals surface area contributed by atoms with Crippen molar-refractivity contribution in [1.29, 1.82) is 5.26 Å². The lowest BCUT2D eigenvalue weighted by Gasteiger charge is -2.34. The Morgan fingerprint density at radius 1 is 1.29 bits per heavy atom. The number of nitriles is 1. The molecule has 7 nitrogen and oxygen atoms in total. The first-order valence-corrected chi connectivity index (χ1v) is 11.8. The van der Waals surface area contributed by atoms with Crippen molar-refractivity contribution in [3.8, 4) is 6.07 Å². The fraction of sp³-hybridized carbons (Fsp3) is 0.385. The largest absolute Gasteiger partial charge is 0.325 e. The Morgan fingerprint density at radius 2 is 2.03 bits per heavy atom. The number of para-hydroxylation sites is 1. The highest BCUT2D eigenvalue weighted by molar-refractivity contribution is 6.34. The molecule has 1 N–H and O–H groups in total. The number of nitrogens with zero attached hydrogens (tertiary/aromatic N) is 3. The highest BCUT2D eigenvalue weighted by Crippen LogP contribution is 2.47. The summed E-state index contributed by atoms with van der Waals surface area (Å²) in [6.45, 7) is 2.79. The van der Waals surface area contributed by atoms with Gasteiger partial charge in [0.05, 0.1) is 22.1 Å². The van der Waals surface area contributed by atoms with E-state index in [2.05, 4.69) is 11.4 Å². The molecule has 0 radical (unpaired) electrons. The number of nitrogens with one attached hydrogen (secondary N) is 1. The molecule has 3 aliphatic heterocycles. The average molecular weight is 495 g/mol. The van der Waals surface area contributed by atoms with Crippen molar-refractivity contribution in [3.05, 3.63) is 64.2 Å². The standard InChI is InChI=1S/C26H24ClFN4O3/c1-25(2,28)11-20(31-13-15-6-5-8-18(27)21(15)23(31)34)22(33)32-14-26(10-16(32)12-29)17-7-3-4-9-19(17)30-24(26)35/h3-9,16,20H,10-11,13-14H2,1-2H3,(H,30,35)/t16-,20-,26-/m0/s1. The van der Waals surface area contributed by atoms with Gasteiger partial charge in [-0.2, -0.15) is 5.26 Å². The van der Waals surface area contributed by atoms with Gasteiger partial charge in [0.2, 0.25) is 11.8 Å². The fourth-order valence-corrected chi connectivity index (χ4v) is 5.83. The van der Waals surface area contributed by atoms with Crippen LogP contribution in [0.4, 0.5) is 10.1 Å². The summed E-state index contributed by atoms with van der Waals surface area (Å²) in [7, 11) is 0. The third-order valence-electron chi connectivity index (χ3n) is 7.17. The summed E-state index contributed by atoms with van der Waals surface area (Å²) in [6, 6.07) is 12.4. The van der Waals surface area contributed by atoms with Crippen LogP contribution < -0.4 is 5.32 Å². The van der Waals surface area contributed by atoms with Gasteiger partial charge in [0.25, 0.3) is 5.91 Å². The quantitative estimate of drug-likeness (QED) is 0.699. The lowest BCUT2D eigenvalue weighted by atomic mass is 9.80. The van der Waals surface area contributed by atoms with Crippen molar-refractivity contribution >= 4 is 35.0 Å². The van der Waals surface area contributed by atoms with E-state index in [1.54, 1.807) is 30.3 Å². The minimum absolute atomic E-state index is 0.0220. The first-order valence-electron chi connectivity index (χ1n) is 11.4. The van der Waals surface area contributed by atoms with E-state index in [0.717, 1.165) is 5.56 Å². The van der Waals surface area contributed by atoms with Gasteiger partial charge in [-0.25, -0.2) is 4.39 Å². The number of fused-ring (bicyclic) bond motifs is 3. The average Bonchev–Trinajstić information content (AvgIpc) is 3.44. The molecule has 2 aromatic carbocycles. The first kappa shape index (κ1) is 23.3. The summed E-state index contributed by atoms with van der Waals surface area (Å²) in [6.07, 6.45) is -0.128. The van der Waals surface area contributed by atoms with Gasteiger partial charge in [0.15, 0.2) is 0 Å². The van der Waals surface area contributed by atoms with Crippen molar-refractivity contribution in [1.82, 2.24) is 9.80 Å². The predicted molar refractivity (Wildman–Crippen MR) is 127 cm³/mol. The van der Waals surface area contributed by atoms with Crippen LogP contribution in [0.5, 0.6) is 0 Å². The third kappa shape index (κ3) is 3.66. The molecule has 180 valence electrons. The van der Waals surface area contributed by atoms with E-state index in [1.165, 1.54) is 23.6 Å². The highest BCUT2D eigenvalue weighted by atomic mass is 35.5. The molecule has 3 atom stereocenters. The smallest absolute Gasteiger partial charge is 0.256 e. The molecule has 0 aromatic heterocycles. The normalized spacial score (nSPS) is 23.8. The number of anilines is 1. The van der Waals surface area contributed by atoms with Gasteiger partial charge in [-0.3, -0.25) is 14.4 Å². The topological polar surface area (TPSA) is 93.5 Å². The lowest BCUT2D eigenvalue weighted by Crippen LogP contribution is -2.52. The summed E-state index contributed by atoms with van der Waals surface area (Å²) in [4.78, 5) is 43.0. The molecule has 1 fully saturated rings. The van der Waals surface area contributed by atoms with Gasteiger partial charge >= 0.3 is 0 Å². The zero-order valence-corrected chi connectivity index (χ0v) is 20.1. The Kier molecular flexibility index (Phi) is 5.37. The van der Waals surface area contributed by atoms with Crippen LogP contribution in [-0.2, 0) is 21.5 Å². The first-order chi connectivity index (χ1) is 16.6. The van der Waals surface area contributed by atoms with Crippen LogP contribution in [0.25, 0.3) is 0 Å². The molecular weight excluding hydrogens is 471 g/mol. The second-order valence-electron chi connectivity index (χ2n) is 10.0. The number of likely N-dealkylation sites (tertiary alicyclic amines) is 1. The van der Waals surface area contributed by atoms with E-state index in [1.807, 2.05) is 12.1 Å². The summed E-state index contributed by atoms with van der Waals surface area (Å²) in [5.41, 5.74) is -0.470. The number of carbonyl (C=O) groups excluding carboxylic acids is 3. The predicted octanol–water partition coefficient (Wildman–Crippen LogP) is 3.82. The maximum Gasteiger partial charge on any atom is 0.256 e. The maximum absolute atomic E-state index is 14.9. The molecular formula is C26H24ClFN4O3. The van der Waals surface area contributed by atoms with Crippen molar-refractivity contribution in [3.63, 3.8) is 0 Å². The number of amides is 3. The van der Waals surface area contributed by atoms with E-state index < -0.39 is 35.0 Å². The second-order valence-corrected chi connectivity index (χ2v) is 10.4. The number of alkyl halides is 1. The molecule has 3 amide bonds. The van der Waals surface area contributed by atoms with Crippen molar-refractivity contribution in [2.45, 2.75) is 56.4 Å². The molecule has 5 rings (SSSR count). The van der Waals surface area contributed by atoms with Gasteiger partial charge < -0.3 is 15.1 Å². The lowest BCUT2D eigenvalue weighted by molar-refractivity contribution is -0.138. The molecule has 0 bridgehead atoms. The van der Waals surface area contributed by atoms with E-state index in [9.17, 15) is 24.0 Å². The summed E-state index contributed by atoms with van der Waals surface area (Å²) in [5, 5.41) is 13.1. The van der Waals surface area contributed by atoms with Crippen LogP contribution in [0.3, 0.4) is 0 Å². The van der Waals surface area contributed by atoms with Crippen LogP contribution in [0.2, 0.25) is 5.02 Å². The van der Waals surface area contributed by atoms with Crippen LogP contribution >= 0.6 is 11.6 Å². The second kappa shape index (κ2) is 8.06. The Balaban J connectivity index is 1.51. The van der Waals surface area contributed by atoms with E-state index >= 15 is 0 Å². The Labute approximate surface area is 207 Å². The molecule has 0 unspecified atom stereocenters. The number of halogens is 2. The molecule has 1 saturated heterocycles. The van der Waals surface area contributed by atoms with E-state index in [-0.39, 0.29) is 36.9 Å². The maximum atomic E-state index is 14.9. The van der Waals surface area contributed by atoms with Crippen LogP contribution in [0.15, 0.2) is 42.5 Å². The van der Waals surface area contributed by atoms with Crippen molar-refractivity contribution in [2.24, 2.45) is 0 Å². The van der Waals surface area contributed by atoms with Crippen LogP contribution in [-0.4, -0.2) is 51.8 Å². The SMILES string of the molecule is CC(C)(F)C[C@@H](C(=O)N1C[C@]2(C[C@H]1C#N)C(=O)Nc1ccccc12)N1Cc2cccc(Cl)c2C1=O. The van der Waals surface area contributed by atoms with E-state index in [0.29, 0.717) is 16.8 Å². The highest BCUT2D eigenvalue weighted by Gasteiger charge is 2.57. The molecule has 3 heterocycles. The summed E-state index contributed by atoms with van der Waals surface area (Å²) in [5.74, 6) is -1.26. The zero-order chi connectivity index (χ0) is 25.1. The number of hydrogen-bond acceptors (Lipinski definition) is 4. The molecule has 0 aliphatic carbocycles. The molecule has 2 aromatic rings. The molecule has 9 heteroatoms. The Hall–Kier alpha value is -3.44. The Morgan fingerprint density at radius 3 is 2.71 bits per heavy atom.